The molecule has 1 heterocycles. The molecular weight excluding hydrogens is 405 g/mol. The number of para-hydroxylation sites is 1. The maximum atomic E-state index is 12.1. The van der Waals surface area contributed by atoms with Gasteiger partial charge in [-0.1, -0.05) is 42.5 Å². The molecule has 0 spiro atoms. The van der Waals surface area contributed by atoms with Crippen LogP contribution in [0, 0.1) is 5.92 Å². The summed E-state index contributed by atoms with van der Waals surface area (Å²) in [4.78, 5) is 6.68. The first-order chi connectivity index (χ1) is 14.9. The predicted molar refractivity (Wildman–Crippen MR) is 117 cm³/mol. The summed E-state index contributed by atoms with van der Waals surface area (Å²) in [5, 5.41) is 6.67. The number of hydrogen-bond acceptors (Lipinski definition) is 3. The van der Waals surface area contributed by atoms with E-state index in [9.17, 15) is 13.2 Å². The van der Waals surface area contributed by atoms with E-state index in [0.29, 0.717) is 18.0 Å². The molecule has 1 aliphatic rings. The van der Waals surface area contributed by atoms with E-state index in [1.165, 1.54) is 5.69 Å². The van der Waals surface area contributed by atoms with Crippen molar-refractivity contribution in [3.63, 3.8) is 0 Å². The lowest BCUT2D eigenvalue weighted by Gasteiger charge is -2.19. The summed E-state index contributed by atoms with van der Waals surface area (Å²) in [5.41, 5.74) is 2.98. The SMILES string of the molecule is CN=C(NCc1ccc(COCC(F)(F)F)cc1)NCC1CCN(c2ccccc2)C1. The number of hydrogen-bond donors (Lipinski definition) is 2. The van der Waals surface area contributed by atoms with E-state index in [-0.39, 0.29) is 6.61 Å². The van der Waals surface area contributed by atoms with Gasteiger partial charge in [0.15, 0.2) is 5.96 Å². The second-order valence-corrected chi connectivity index (χ2v) is 7.67. The molecular formula is C23H29F3N4O. The summed E-state index contributed by atoms with van der Waals surface area (Å²) in [6.45, 7) is 2.20. The number of guanidine groups is 1. The van der Waals surface area contributed by atoms with Crippen molar-refractivity contribution in [3.05, 3.63) is 65.7 Å². The van der Waals surface area contributed by atoms with Gasteiger partial charge in [0.1, 0.15) is 6.61 Å². The molecule has 2 aromatic carbocycles. The van der Waals surface area contributed by atoms with Gasteiger partial charge in [0.25, 0.3) is 0 Å². The van der Waals surface area contributed by atoms with Crippen molar-refractivity contribution >= 4 is 11.6 Å². The number of anilines is 1. The van der Waals surface area contributed by atoms with Gasteiger partial charge >= 0.3 is 6.18 Å². The Morgan fingerprint density at radius 3 is 2.45 bits per heavy atom. The molecule has 1 atom stereocenters. The number of rotatable bonds is 8. The Hall–Kier alpha value is -2.74. The van der Waals surface area contributed by atoms with Gasteiger partial charge in [-0.3, -0.25) is 4.99 Å². The number of halogens is 3. The first kappa shape index (κ1) is 22.9. The molecule has 2 aromatic rings. The molecule has 0 saturated carbocycles. The topological polar surface area (TPSA) is 48.9 Å². The van der Waals surface area contributed by atoms with Crippen LogP contribution >= 0.6 is 0 Å². The van der Waals surface area contributed by atoms with Crippen LogP contribution in [0.1, 0.15) is 17.5 Å². The van der Waals surface area contributed by atoms with E-state index < -0.39 is 12.8 Å². The van der Waals surface area contributed by atoms with Crippen molar-refractivity contribution < 1.29 is 17.9 Å². The minimum Gasteiger partial charge on any atom is -0.371 e. The van der Waals surface area contributed by atoms with E-state index in [1.807, 2.05) is 18.2 Å². The largest absolute Gasteiger partial charge is 0.411 e. The zero-order chi connectivity index (χ0) is 22.1. The highest BCUT2D eigenvalue weighted by Crippen LogP contribution is 2.23. The molecule has 31 heavy (non-hydrogen) atoms. The van der Waals surface area contributed by atoms with Crippen molar-refractivity contribution in [3.8, 4) is 0 Å². The van der Waals surface area contributed by atoms with E-state index in [1.54, 1.807) is 19.2 Å². The maximum Gasteiger partial charge on any atom is 0.411 e. The number of alkyl halides is 3. The summed E-state index contributed by atoms with van der Waals surface area (Å²) in [7, 11) is 1.74. The fraction of sp³-hybridized carbons (Fsp3) is 0.435. The van der Waals surface area contributed by atoms with Crippen LogP contribution in [0.3, 0.4) is 0 Å². The van der Waals surface area contributed by atoms with Crippen LogP contribution in [0.2, 0.25) is 0 Å². The first-order valence-electron chi connectivity index (χ1n) is 10.4. The van der Waals surface area contributed by atoms with Crippen LogP contribution in [0.15, 0.2) is 59.6 Å². The van der Waals surface area contributed by atoms with Crippen LogP contribution in [-0.4, -0.2) is 45.4 Å². The number of benzene rings is 2. The van der Waals surface area contributed by atoms with Gasteiger partial charge in [-0.05, 0) is 35.6 Å². The van der Waals surface area contributed by atoms with Crippen LogP contribution < -0.4 is 15.5 Å². The van der Waals surface area contributed by atoms with Crippen LogP contribution in [0.4, 0.5) is 18.9 Å². The Kier molecular flexibility index (Phi) is 8.17. The molecule has 168 valence electrons. The Morgan fingerprint density at radius 1 is 1.06 bits per heavy atom. The lowest BCUT2D eigenvalue weighted by Crippen LogP contribution is -2.39. The molecule has 5 nitrogen and oxygen atoms in total. The summed E-state index contributed by atoms with van der Waals surface area (Å²) < 4.78 is 41.1. The van der Waals surface area contributed by atoms with Crippen molar-refractivity contribution in [2.75, 3.05) is 38.2 Å². The van der Waals surface area contributed by atoms with E-state index >= 15 is 0 Å². The zero-order valence-corrected chi connectivity index (χ0v) is 17.7. The van der Waals surface area contributed by atoms with Crippen molar-refractivity contribution in [2.45, 2.75) is 25.7 Å². The number of ether oxygens (including phenoxy) is 1. The highest BCUT2D eigenvalue weighted by atomic mass is 19.4. The molecule has 1 saturated heterocycles. The summed E-state index contributed by atoms with van der Waals surface area (Å²) in [6, 6.07) is 17.8. The Labute approximate surface area is 181 Å². The molecule has 2 N–H and O–H groups in total. The maximum absolute atomic E-state index is 12.1. The number of aliphatic imine (C=N–C) groups is 1. The summed E-state index contributed by atoms with van der Waals surface area (Å²) >= 11 is 0. The second kappa shape index (κ2) is 11.0. The molecule has 1 unspecified atom stereocenters. The van der Waals surface area contributed by atoms with E-state index in [4.69, 9.17) is 0 Å². The Morgan fingerprint density at radius 2 is 1.77 bits per heavy atom. The standard InChI is InChI=1S/C23H29F3N4O/c1-27-22(29-14-20-11-12-30(15-20)21-5-3-2-4-6-21)28-13-18-7-9-19(10-8-18)16-31-17-23(24,25)26/h2-10,20H,11-17H2,1H3,(H2,27,28,29). The zero-order valence-electron chi connectivity index (χ0n) is 17.7. The van der Waals surface area contributed by atoms with Gasteiger partial charge < -0.3 is 20.3 Å². The van der Waals surface area contributed by atoms with Crippen molar-refractivity contribution in [1.82, 2.24) is 10.6 Å². The quantitative estimate of drug-likeness (QED) is 0.488. The molecule has 1 aliphatic heterocycles. The monoisotopic (exact) mass is 434 g/mol. The average molecular weight is 435 g/mol. The number of nitrogens with zero attached hydrogens (tertiary/aromatic N) is 2. The average Bonchev–Trinajstić information content (AvgIpc) is 3.24. The predicted octanol–water partition coefficient (Wildman–Crippen LogP) is 3.96. The third-order valence-electron chi connectivity index (χ3n) is 5.21. The minimum absolute atomic E-state index is 0.0577. The van der Waals surface area contributed by atoms with Gasteiger partial charge in [-0.25, -0.2) is 0 Å². The molecule has 0 radical (unpaired) electrons. The highest BCUT2D eigenvalue weighted by molar-refractivity contribution is 5.79. The van der Waals surface area contributed by atoms with E-state index in [2.05, 4.69) is 49.5 Å². The third kappa shape index (κ3) is 7.79. The smallest absolute Gasteiger partial charge is 0.371 e. The highest BCUT2D eigenvalue weighted by Gasteiger charge is 2.27. The first-order valence-corrected chi connectivity index (χ1v) is 10.4. The van der Waals surface area contributed by atoms with E-state index in [0.717, 1.165) is 37.6 Å². The van der Waals surface area contributed by atoms with Gasteiger partial charge in [-0.2, -0.15) is 13.2 Å². The fourth-order valence-corrected chi connectivity index (χ4v) is 3.56. The van der Waals surface area contributed by atoms with Gasteiger partial charge in [0, 0.05) is 38.9 Å². The number of nitrogens with one attached hydrogen (secondary N) is 2. The van der Waals surface area contributed by atoms with Crippen molar-refractivity contribution in [2.24, 2.45) is 10.9 Å². The summed E-state index contributed by atoms with van der Waals surface area (Å²) in [6.07, 6.45) is -3.16. The Bertz CT molecular complexity index is 825. The van der Waals surface area contributed by atoms with Crippen molar-refractivity contribution in [1.29, 1.82) is 0 Å². The molecule has 8 heteroatoms. The molecule has 0 aliphatic carbocycles. The molecule has 1 fully saturated rings. The molecule has 0 amide bonds. The molecule has 3 rings (SSSR count). The van der Waals surface area contributed by atoms with Crippen LogP contribution in [-0.2, 0) is 17.9 Å². The minimum atomic E-state index is -4.30. The summed E-state index contributed by atoms with van der Waals surface area (Å²) in [5.74, 6) is 1.28. The van der Waals surface area contributed by atoms with Crippen LogP contribution in [0.25, 0.3) is 0 Å². The lowest BCUT2D eigenvalue weighted by atomic mass is 10.1. The van der Waals surface area contributed by atoms with Gasteiger partial charge in [-0.15, -0.1) is 0 Å². The third-order valence-corrected chi connectivity index (χ3v) is 5.21. The van der Waals surface area contributed by atoms with Gasteiger partial charge in [0.05, 0.1) is 6.61 Å². The lowest BCUT2D eigenvalue weighted by molar-refractivity contribution is -0.176. The normalized spacial score (nSPS) is 17.1. The second-order valence-electron chi connectivity index (χ2n) is 7.67. The molecule has 0 bridgehead atoms. The molecule has 0 aromatic heterocycles. The Balaban J connectivity index is 1.38. The van der Waals surface area contributed by atoms with Crippen LogP contribution in [0.5, 0.6) is 0 Å². The van der Waals surface area contributed by atoms with Gasteiger partial charge in [0.2, 0.25) is 0 Å². The fourth-order valence-electron chi connectivity index (χ4n) is 3.56.